The maximum atomic E-state index is 12.4. The van der Waals surface area contributed by atoms with E-state index in [0.717, 1.165) is 0 Å². The Labute approximate surface area is 168 Å². The normalized spacial score (nSPS) is 12.6. The maximum Gasteiger partial charge on any atom is 0.354 e. The molecule has 27 heavy (non-hydrogen) atoms. The summed E-state index contributed by atoms with van der Waals surface area (Å²) in [5, 5.41) is 13.9. The first-order valence-corrected chi connectivity index (χ1v) is 9.05. The average molecular weight is 482 g/mol. The molecule has 0 bridgehead atoms. The lowest BCUT2D eigenvalue weighted by Crippen LogP contribution is -2.14. The van der Waals surface area contributed by atoms with Crippen molar-refractivity contribution in [3.63, 3.8) is 0 Å². The Morgan fingerprint density at radius 1 is 1.30 bits per heavy atom. The Morgan fingerprint density at radius 3 is 2.78 bits per heavy atom. The second-order valence-corrected chi connectivity index (χ2v) is 6.60. The summed E-state index contributed by atoms with van der Waals surface area (Å²) in [7, 11) is 0. The van der Waals surface area contributed by atoms with Crippen LogP contribution in [0.15, 0.2) is 42.1 Å². The summed E-state index contributed by atoms with van der Waals surface area (Å²) >= 11 is 1.99. The van der Waals surface area contributed by atoms with Gasteiger partial charge in [-0.3, -0.25) is 10.1 Å². The van der Waals surface area contributed by atoms with E-state index in [0.29, 0.717) is 26.3 Å². The lowest BCUT2D eigenvalue weighted by Gasteiger charge is -2.11. The Hall–Kier alpha value is -2.82. The van der Waals surface area contributed by atoms with Crippen molar-refractivity contribution in [3.05, 3.63) is 61.3 Å². The molecule has 9 heteroatoms. The lowest BCUT2D eigenvalue weighted by atomic mass is 10.1. The summed E-state index contributed by atoms with van der Waals surface area (Å²) in [5.41, 5.74) is 1.45. The molecule has 8 nitrogen and oxygen atoms in total. The number of benzene rings is 2. The van der Waals surface area contributed by atoms with Crippen LogP contribution in [0.4, 0.5) is 11.4 Å². The molecule has 0 aromatic heterocycles. The van der Waals surface area contributed by atoms with Gasteiger partial charge in [0.1, 0.15) is 5.70 Å². The van der Waals surface area contributed by atoms with Gasteiger partial charge in [0.05, 0.1) is 11.5 Å². The van der Waals surface area contributed by atoms with Gasteiger partial charge >= 0.3 is 5.97 Å². The van der Waals surface area contributed by atoms with E-state index in [9.17, 15) is 14.9 Å². The zero-order valence-corrected chi connectivity index (χ0v) is 16.4. The van der Waals surface area contributed by atoms with Crippen molar-refractivity contribution < 1.29 is 23.9 Å². The predicted molar refractivity (Wildman–Crippen MR) is 107 cm³/mol. The second kappa shape index (κ2) is 8.25. The number of ether oxygens (including phenoxy) is 3. The molecule has 1 heterocycles. The molecule has 0 radical (unpaired) electrons. The number of halogens is 1. The Balaban J connectivity index is 1.92. The van der Waals surface area contributed by atoms with Crippen molar-refractivity contribution in [1.29, 1.82) is 0 Å². The zero-order valence-electron chi connectivity index (χ0n) is 14.2. The van der Waals surface area contributed by atoms with Gasteiger partial charge in [-0.1, -0.05) is 0 Å². The molecule has 140 valence electrons. The molecule has 0 atom stereocenters. The zero-order chi connectivity index (χ0) is 19.4. The molecule has 2 aromatic rings. The molecule has 0 unspecified atom stereocenters. The third-order valence-electron chi connectivity index (χ3n) is 3.64. The number of hydrogen-bond acceptors (Lipinski definition) is 7. The van der Waals surface area contributed by atoms with Gasteiger partial charge in [0.15, 0.2) is 11.5 Å². The second-order valence-electron chi connectivity index (χ2n) is 5.43. The molecule has 0 saturated heterocycles. The number of non-ortho nitro benzene ring substituents is 1. The largest absolute Gasteiger partial charge is 0.461 e. The first kappa shape index (κ1) is 19.0. The molecule has 0 saturated carbocycles. The van der Waals surface area contributed by atoms with E-state index >= 15 is 0 Å². The number of fused-ring (bicyclic) bond motifs is 1. The van der Waals surface area contributed by atoms with Crippen molar-refractivity contribution in [3.8, 4) is 11.5 Å². The minimum atomic E-state index is -0.538. The van der Waals surface area contributed by atoms with Gasteiger partial charge < -0.3 is 19.5 Å². The summed E-state index contributed by atoms with van der Waals surface area (Å²) in [5.74, 6) is 0.671. The number of nitro groups is 1. The van der Waals surface area contributed by atoms with E-state index in [-0.39, 0.29) is 24.8 Å². The van der Waals surface area contributed by atoms with E-state index in [1.807, 2.05) is 22.6 Å². The standard InChI is InChI=1S/C18H15IN2O6/c1-2-25-18(22)15(7-11-3-5-13(21(23)24)9-14(11)19)20-12-4-6-16-17(8-12)27-10-26-16/h3-9,20H,2,10H2,1H3/b15-7-. The molecule has 1 N–H and O–H groups in total. The molecular formula is C18H15IN2O6. The van der Waals surface area contributed by atoms with Crippen molar-refractivity contribution >= 4 is 46.0 Å². The van der Waals surface area contributed by atoms with Gasteiger partial charge in [-0.15, -0.1) is 0 Å². The highest BCUT2D eigenvalue weighted by Crippen LogP contribution is 2.34. The highest BCUT2D eigenvalue weighted by atomic mass is 127. The highest BCUT2D eigenvalue weighted by molar-refractivity contribution is 14.1. The summed E-state index contributed by atoms with van der Waals surface area (Å²) in [6.07, 6.45) is 1.59. The summed E-state index contributed by atoms with van der Waals surface area (Å²) in [6, 6.07) is 9.62. The number of carbonyl (C=O) groups excluding carboxylic acids is 1. The van der Waals surface area contributed by atoms with Gasteiger partial charge in [-0.05, 0) is 59.4 Å². The molecule has 3 rings (SSSR count). The monoisotopic (exact) mass is 482 g/mol. The first-order chi connectivity index (χ1) is 13.0. The Morgan fingerprint density at radius 2 is 2.07 bits per heavy atom. The van der Waals surface area contributed by atoms with Crippen molar-refractivity contribution in [2.45, 2.75) is 6.92 Å². The lowest BCUT2D eigenvalue weighted by molar-refractivity contribution is -0.384. The topological polar surface area (TPSA) is 99.9 Å². The summed E-state index contributed by atoms with van der Waals surface area (Å²) in [6.45, 7) is 2.09. The van der Waals surface area contributed by atoms with Crippen LogP contribution < -0.4 is 14.8 Å². The van der Waals surface area contributed by atoms with Crippen LogP contribution in [-0.2, 0) is 9.53 Å². The number of rotatable bonds is 6. The van der Waals surface area contributed by atoms with Crippen LogP contribution in [0.3, 0.4) is 0 Å². The van der Waals surface area contributed by atoms with E-state index in [1.54, 1.807) is 37.3 Å². The average Bonchev–Trinajstić information content (AvgIpc) is 3.10. The van der Waals surface area contributed by atoms with Crippen LogP contribution in [0, 0.1) is 13.7 Å². The molecule has 0 aliphatic carbocycles. The Bertz CT molecular complexity index is 928. The van der Waals surface area contributed by atoms with E-state index in [4.69, 9.17) is 14.2 Å². The maximum absolute atomic E-state index is 12.4. The molecule has 0 amide bonds. The van der Waals surface area contributed by atoms with Crippen LogP contribution >= 0.6 is 22.6 Å². The van der Waals surface area contributed by atoms with Crippen LogP contribution in [0.1, 0.15) is 12.5 Å². The van der Waals surface area contributed by atoms with Crippen molar-refractivity contribution in [1.82, 2.24) is 0 Å². The number of esters is 1. The van der Waals surface area contributed by atoms with Gasteiger partial charge in [-0.25, -0.2) is 4.79 Å². The van der Waals surface area contributed by atoms with Crippen LogP contribution in [0.25, 0.3) is 6.08 Å². The first-order valence-electron chi connectivity index (χ1n) is 7.97. The fourth-order valence-electron chi connectivity index (χ4n) is 2.39. The quantitative estimate of drug-likeness (QED) is 0.219. The van der Waals surface area contributed by atoms with Crippen molar-refractivity contribution in [2.24, 2.45) is 0 Å². The molecule has 0 spiro atoms. The number of nitrogens with zero attached hydrogens (tertiary/aromatic N) is 1. The van der Waals surface area contributed by atoms with Crippen LogP contribution in [0.5, 0.6) is 11.5 Å². The van der Waals surface area contributed by atoms with Gasteiger partial charge in [-0.2, -0.15) is 0 Å². The highest BCUT2D eigenvalue weighted by Gasteiger charge is 2.17. The Kier molecular flexibility index (Phi) is 5.79. The van der Waals surface area contributed by atoms with Gasteiger partial charge in [0.2, 0.25) is 6.79 Å². The predicted octanol–water partition coefficient (Wildman–Crippen LogP) is 3.94. The number of nitrogens with one attached hydrogen (secondary N) is 1. The van der Waals surface area contributed by atoms with E-state index in [2.05, 4.69) is 5.32 Å². The fourth-order valence-corrected chi connectivity index (χ4v) is 3.04. The molecule has 1 aliphatic heterocycles. The number of anilines is 1. The summed E-state index contributed by atoms with van der Waals surface area (Å²) < 4.78 is 16.4. The number of hydrogen-bond donors (Lipinski definition) is 1. The number of nitro benzene ring substituents is 1. The fraction of sp³-hybridized carbons (Fsp3) is 0.167. The molecular weight excluding hydrogens is 467 g/mol. The van der Waals surface area contributed by atoms with E-state index in [1.165, 1.54) is 12.1 Å². The molecule has 1 aliphatic rings. The van der Waals surface area contributed by atoms with Gasteiger partial charge in [0, 0.05) is 27.5 Å². The minimum absolute atomic E-state index is 0.0158. The van der Waals surface area contributed by atoms with Crippen LogP contribution in [-0.4, -0.2) is 24.3 Å². The third-order valence-corrected chi connectivity index (χ3v) is 4.58. The molecule has 2 aromatic carbocycles. The van der Waals surface area contributed by atoms with Gasteiger partial charge in [0.25, 0.3) is 5.69 Å². The SMILES string of the molecule is CCOC(=O)/C(=C/c1ccc([N+](=O)[O-])cc1I)Nc1ccc2c(c1)OCO2. The van der Waals surface area contributed by atoms with E-state index < -0.39 is 10.9 Å². The smallest absolute Gasteiger partial charge is 0.354 e. The van der Waals surface area contributed by atoms with Crippen molar-refractivity contribution in [2.75, 3.05) is 18.7 Å². The van der Waals surface area contributed by atoms with Crippen LogP contribution in [0.2, 0.25) is 0 Å². The third kappa shape index (κ3) is 4.48. The summed E-state index contributed by atoms with van der Waals surface area (Å²) in [4.78, 5) is 22.8. The minimum Gasteiger partial charge on any atom is -0.461 e. The number of carbonyl (C=O) groups is 1. The molecule has 0 fully saturated rings.